The van der Waals surface area contributed by atoms with Gasteiger partial charge in [0.2, 0.25) is 0 Å². The molecule has 6 rings (SSSR count). The highest BCUT2D eigenvalue weighted by atomic mass is 32.2. The van der Waals surface area contributed by atoms with E-state index in [1.165, 1.54) is 3.97 Å². The number of benzene rings is 2. The Labute approximate surface area is 209 Å². The summed E-state index contributed by atoms with van der Waals surface area (Å²) < 4.78 is 33.9. The maximum absolute atomic E-state index is 13.6. The number of anilines is 1. The molecule has 0 unspecified atom stereocenters. The van der Waals surface area contributed by atoms with Crippen LogP contribution in [0, 0.1) is 6.92 Å². The highest BCUT2D eigenvalue weighted by Crippen LogP contribution is 2.34. The summed E-state index contributed by atoms with van der Waals surface area (Å²) in [6, 6.07) is 16.7. The Hall–Kier alpha value is -3.82. The van der Waals surface area contributed by atoms with Gasteiger partial charge in [-0.05, 0) is 61.7 Å². The predicted molar refractivity (Wildman–Crippen MR) is 139 cm³/mol. The van der Waals surface area contributed by atoms with E-state index in [1.807, 2.05) is 37.3 Å². The van der Waals surface area contributed by atoms with Crippen LogP contribution in [0.15, 0.2) is 78.2 Å². The summed E-state index contributed by atoms with van der Waals surface area (Å²) in [6.07, 6.45) is 6.66. The van der Waals surface area contributed by atoms with Crippen LogP contribution in [0.5, 0.6) is 0 Å². The third-order valence-electron chi connectivity index (χ3n) is 6.62. The molecule has 0 radical (unpaired) electrons. The summed E-state index contributed by atoms with van der Waals surface area (Å²) in [6.45, 7) is 3.39. The second-order valence-electron chi connectivity index (χ2n) is 9.02. The van der Waals surface area contributed by atoms with Crippen molar-refractivity contribution in [2.24, 2.45) is 0 Å². The first-order valence-corrected chi connectivity index (χ1v) is 13.3. The summed E-state index contributed by atoms with van der Waals surface area (Å²) in [7, 11) is -3.83. The minimum absolute atomic E-state index is 0.220. The monoisotopic (exact) mass is 499 g/mol. The third kappa shape index (κ3) is 4.00. The second kappa shape index (κ2) is 9.00. The molecule has 0 amide bonds. The molecular formula is C27H25N5O3S. The molecule has 0 bridgehead atoms. The molecule has 1 aliphatic heterocycles. The average molecular weight is 500 g/mol. The van der Waals surface area contributed by atoms with E-state index in [4.69, 9.17) is 4.74 Å². The Morgan fingerprint density at radius 1 is 0.972 bits per heavy atom. The first-order chi connectivity index (χ1) is 17.5. The van der Waals surface area contributed by atoms with Gasteiger partial charge < -0.3 is 10.1 Å². The van der Waals surface area contributed by atoms with Gasteiger partial charge in [0.05, 0.1) is 10.4 Å². The molecule has 0 saturated carbocycles. The van der Waals surface area contributed by atoms with E-state index in [1.54, 1.807) is 43.0 Å². The van der Waals surface area contributed by atoms with Crippen molar-refractivity contribution in [3.63, 3.8) is 0 Å². The predicted octanol–water partition coefficient (Wildman–Crippen LogP) is 4.78. The fourth-order valence-electron chi connectivity index (χ4n) is 4.64. The minimum Gasteiger partial charge on any atom is -0.381 e. The van der Waals surface area contributed by atoms with Crippen molar-refractivity contribution in [3.8, 4) is 11.1 Å². The van der Waals surface area contributed by atoms with Crippen LogP contribution in [0.1, 0.15) is 18.4 Å². The van der Waals surface area contributed by atoms with E-state index in [0.29, 0.717) is 5.65 Å². The molecule has 8 nitrogen and oxygen atoms in total. The summed E-state index contributed by atoms with van der Waals surface area (Å²) in [5.41, 5.74) is 3.84. The van der Waals surface area contributed by atoms with E-state index in [9.17, 15) is 8.42 Å². The maximum Gasteiger partial charge on any atom is 0.269 e. The lowest BCUT2D eigenvalue weighted by molar-refractivity contribution is 0.0904. The van der Waals surface area contributed by atoms with Crippen LogP contribution in [0.3, 0.4) is 0 Å². The number of ether oxygens (including phenoxy) is 1. The molecule has 0 aliphatic carbocycles. The topological polar surface area (TPSA) is 99.0 Å². The van der Waals surface area contributed by atoms with Gasteiger partial charge >= 0.3 is 0 Å². The largest absolute Gasteiger partial charge is 0.381 e. The number of nitrogens with one attached hydrogen (secondary N) is 1. The van der Waals surface area contributed by atoms with Crippen LogP contribution in [0.2, 0.25) is 0 Å². The number of aryl methyl sites for hydroxylation is 1. The van der Waals surface area contributed by atoms with Crippen LogP contribution < -0.4 is 5.32 Å². The number of pyridine rings is 1. The Balaban J connectivity index is 1.48. The van der Waals surface area contributed by atoms with E-state index in [2.05, 4.69) is 20.3 Å². The standard InChI is InChI=1S/C27H25N5O3S/c1-18-4-7-21(8-5-18)36(33,34)32-16-24(22-3-2-12-28-27(22)32)19-6-9-25-23(15-19)26(30-17-29-25)31-20-10-13-35-14-11-20/h2-9,12,15-17,20H,10-11,13-14H2,1H3,(H,29,30,31). The molecular weight excluding hydrogens is 474 g/mol. The first-order valence-electron chi connectivity index (χ1n) is 11.9. The van der Waals surface area contributed by atoms with Crippen molar-refractivity contribution in [1.29, 1.82) is 0 Å². The molecule has 4 heterocycles. The molecule has 182 valence electrons. The minimum atomic E-state index is -3.83. The third-order valence-corrected chi connectivity index (χ3v) is 8.28. The summed E-state index contributed by atoms with van der Waals surface area (Å²) in [4.78, 5) is 13.6. The van der Waals surface area contributed by atoms with Crippen LogP contribution >= 0.6 is 0 Å². The normalized spacial score (nSPS) is 14.9. The van der Waals surface area contributed by atoms with Gasteiger partial charge in [-0.25, -0.2) is 27.3 Å². The van der Waals surface area contributed by atoms with Crippen LogP contribution in [0.25, 0.3) is 33.1 Å². The van der Waals surface area contributed by atoms with E-state index in [0.717, 1.165) is 64.9 Å². The Morgan fingerprint density at radius 2 is 1.78 bits per heavy atom. The molecule has 1 N–H and O–H groups in total. The molecule has 3 aromatic heterocycles. The van der Waals surface area contributed by atoms with Gasteiger partial charge in [-0.2, -0.15) is 0 Å². The summed E-state index contributed by atoms with van der Waals surface area (Å²) >= 11 is 0. The zero-order valence-electron chi connectivity index (χ0n) is 19.8. The lowest BCUT2D eigenvalue weighted by Crippen LogP contribution is -2.28. The SMILES string of the molecule is Cc1ccc(S(=O)(=O)n2cc(-c3ccc4ncnc(NC5CCOCC5)c4c3)c3cccnc32)cc1. The molecule has 0 spiro atoms. The number of aromatic nitrogens is 4. The smallest absolute Gasteiger partial charge is 0.269 e. The Morgan fingerprint density at radius 3 is 2.58 bits per heavy atom. The molecule has 1 saturated heterocycles. The van der Waals surface area contributed by atoms with Crippen LogP contribution in [-0.4, -0.2) is 46.6 Å². The zero-order chi connectivity index (χ0) is 24.7. The number of nitrogens with zero attached hydrogens (tertiary/aromatic N) is 4. The van der Waals surface area contributed by atoms with E-state index >= 15 is 0 Å². The second-order valence-corrected chi connectivity index (χ2v) is 10.8. The van der Waals surface area contributed by atoms with Crippen molar-refractivity contribution in [3.05, 3.63) is 78.9 Å². The highest BCUT2D eigenvalue weighted by Gasteiger charge is 2.23. The highest BCUT2D eigenvalue weighted by molar-refractivity contribution is 7.90. The fourth-order valence-corrected chi connectivity index (χ4v) is 5.97. The molecule has 36 heavy (non-hydrogen) atoms. The van der Waals surface area contributed by atoms with Gasteiger partial charge in [0.25, 0.3) is 10.0 Å². The summed E-state index contributed by atoms with van der Waals surface area (Å²) in [5.74, 6) is 0.767. The average Bonchev–Trinajstić information content (AvgIpc) is 3.30. The van der Waals surface area contributed by atoms with Crippen LogP contribution in [0.4, 0.5) is 5.82 Å². The molecule has 9 heteroatoms. The van der Waals surface area contributed by atoms with Crippen molar-refractivity contribution in [1.82, 2.24) is 18.9 Å². The molecule has 5 aromatic rings. The Bertz CT molecular complexity index is 1670. The maximum atomic E-state index is 13.6. The first kappa shape index (κ1) is 22.6. The van der Waals surface area contributed by atoms with Gasteiger partial charge in [0, 0.05) is 48.0 Å². The molecule has 2 aromatic carbocycles. The fraction of sp³-hybridized carbons (Fsp3) is 0.222. The van der Waals surface area contributed by atoms with Crippen molar-refractivity contribution >= 4 is 37.8 Å². The van der Waals surface area contributed by atoms with Gasteiger partial charge in [-0.15, -0.1) is 0 Å². The zero-order valence-corrected chi connectivity index (χ0v) is 20.6. The van der Waals surface area contributed by atoms with Gasteiger partial charge in [0.1, 0.15) is 12.1 Å². The molecule has 1 fully saturated rings. The van der Waals surface area contributed by atoms with Crippen molar-refractivity contribution in [2.45, 2.75) is 30.7 Å². The summed E-state index contributed by atoms with van der Waals surface area (Å²) in [5, 5.41) is 5.19. The number of hydrogen-bond donors (Lipinski definition) is 1. The van der Waals surface area contributed by atoms with Gasteiger partial charge in [-0.1, -0.05) is 23.8 Å². The van der Waals surface area contributed by atoms with Crippen LogP contribution in [-0.2, 0) is 14.8 Å². The van der Waals surface area contributed by atoms with Gasteiger partial charge in [0.15, 0.2) is 5.65 Å². The van der Waals surface area contributed by atoms with E-state index in [-0.39, 0.29) is 10.9 Å². The number of fused-ring (bicyclic) bond motifs is 2. The number of rotatable bonds is 5. The lowest BCUT2D eigenvalue weighted by Gasteiger charge is -2.24. The van der Waals surface area contributed by atoms with Crippen molar-refractivity contribution in [2.75, 3.05) is 18.5 Å². The van der Waals surface area contributed by atoms with Crippen molar-refractivity contribution < 1.29 is 13.2 Å². The molecule has 0 atom stereocenters. The van der Waals surface area contributed by atoms with E-state index < -0.39 is 10.0 Å². The lowest BCUT2D eigenvalue weighted by atomic mass is 10.0. The van der Waals surface area contributed by atoms with Gasteiger partial charge in [-0.3, -0.25) is 0 Å². The Kier molecular flexibility index (Phi) is 5.66. The molecule has 1 aliphatic rings. The number of hydrogen-bond acceptors (Lipinski definition) is 7. The quantitative estimate of drug-likeness (QED) is 0.371.